The first-order chi connectivity index (χ1) is 5.36. The molecule has 2 aromatic carbocycles. The Morgan fingerprint density at radius 2 is 1.50 bits per heavy atom. The van der Waals surface area contributed by atoms with Crippen molar-refractivity contribution in [2.45, 2.75) is 0 Å². The van der Waals surface area contributed by atoms with Crippen LogP contribution >= 0.6 is 0 Å². The van der Waals surface area contributed by atoms with Gasteiger partial charge >= 0.3 is 17.1 Å². The summed E-state index contributed by atoms with van der Waals surface area (Å²) >= 11 is 0. The minimum absolute atomic E-state index is 0. The average Bonchev–Trinajstić information content (AvgIpc) is 2.04. The van der Waals surface area contributed by atoms with E-state index in [2.05, 4.69) is 0 Å². The van der Waals surface area contributed by atoms with E-state index in [0.717, 1.165) is 10.8 Å². The molecule has 0 saturated heterocycles. The molecule has 0 atom stereocenters. The predicted molar refractivity (Wildman–Crippen MR) is 45.6 cm³/mol. The van der Waals surface area contributed by atoms with Crippen molar-refractivity contribution in [3.63, 3.8) is 0 Å². The molecule has 2 rings (SSSR count). The van der Waals surface area contributed by atoms with Crippen LogP contribution in [-0.4, -0.2) is 5.11 Å². The number of fused-ring (bicyclic) bond motifs is 1. The minimum Gasteiger partial charge on any atom is -0.508 e. The smallest absolute Gasteiger partial charge is 0.508 e. The summed E-state index contributed by atoms with van der Waals surface area (Å²) in [4.78, 5) is 0. The molecule has 1 nitrogen and oxygen atoms in total. The molecule has 0 fully saturated rings. The van der Waals surface area contributed by atoms with Gasteiger partial charge in [0.1, 0.15) is 5.75 Å². The van der Waals surface area contributed by atoms with Gasteiger partial charge in [-0.2, -0.15) is 0 Å². The zero-order valence-electron chi connectivity index (χ0n) is 6.29. The van der Waals surface area contributed by atoms with Crippen LogP contribution in [0.25, 0.3) is 10.8 Å². The number of rotatable bonds is 0. The number of hydrogen-bond donors (Lipinski definition) is 1. The first-order valence-corrected chi connectivity index (χ1v) is 3.54. The third-order valence-corrected chi connectivity index (χ3v) is 1.73. The summed E-state index contributed by atoms with van der Waals surface area (Å²) < 4.78 is 0. The topological polar surface area (TPSA) is 20.2 Å². The van der Waals surface area contributed by atoms with Gasteiger partial charge in [-0.25, -0.2) is 0 Å². The monoisotopic (exact) mass is 207 g/mol. The van der Waals surface area contributed by atoms with Crippen LogP contribution in [0, 0.1) is 0 Å². The van der Waals surface area contributed by atoms with Crippen LogP contribution in [0.2, 0.25) is 0 Å². The molecule has 0 spiro atoms. The molecule has 12 heavy (non-hydrogen) atoms. The fourth-order valence-corrected chi connectivity index (χ4v) is 1.18. The van der Waals surface area contributed by atoms with Gasteiger partial charge in [0.25, 0.3) is 0 Å². The van der Waals surface area contributed by atoms with Gasteiger partial charge in [0.05, 0.1) is 0 Å². The molecule has 0 aliphatic carbocycles. The maximum Gasteiger partial charge on any atom is 2.00 e. The SMILES string of the molecule is Oc1ccc2ccccc2c1.[Cu+2]. The largest absolute Gasteiger partial charge is 2.00 e. The predicted octanol–water partition coefficient (Wildman–Crippen LogP) is 2.54. The van der Waals surface area contributed by atoms with Gasteiger partial charge in [-0.05, 0) is 22.9 Å². The summed E-state index contributed by atoms with van der Waals surface area (Å²) in [5, 5.41) is 11.4. The molecule has 2 aromatic rings. The Kier molecular flexibility index (Phi) is 2.74. The number of benzene rings is 2. The zero-order valence-corrected chi connectivity index (χ0v) is 7.23. The molecule has 0 saturated carbocycles. The van der Waals surface area contributed by atoms with Crippen molar-refractivity contribution < 1.29 is 22.2 Å². The van der Waals surface area contributed by atoms with Crippen LogP contribution in [0.4, 0.5) is 0 Å². The van der Waals surface area contributed by atoms with E-state index >= 15 is 0 Å². The van der Waals surface area contributed by atoms with Crippen molar-refractivity contribution in [2.24, 2.45) is 0 Å². The standard InChI is InChI=1S/C10H8O.Cu/c11-10-6-5-8-3-1-2-4-9(8)7-10;/h1-7,11H;/q;+2. The first-order valence-electron chi connectivity index (χ1n) is 3.54. The fraction of sp³-hybridized carbons (Fsp3) is 0. The summed E-state index contributed by atoms with van der Waals surface area (Å²) in [7, 11) is 0. The molecule has 0 aliphatic heterocycles. The van der Waals surface area contributed by atoms with Gasteiger partial charge in [0, 0.05) is 0 Å². The molecule has 2 heteroatoms. The normalized spacial score (nSPS) is 9.33. The maximum atomic E-state index is 9.13. The Hall–Kier alpha value is -0.981. The van der Waals surface area contributed by atoms with Crippen molar-refractivity contribution in [1.29, 1.82) is 0 Å². The van der Waals surface area contributed by atoms with Crippen LogP contribution in [-0.2, 0) is 17.1 Å². The molecule has 1 radical (unpaired) electrons. The second-order valence-electron chi connectivity index (χ2n) is 2.53. The second-order valence-corrected chi connectivity index (χ2v) is 2.53. The Morgan fingerprint density at radius 3 is 2.25 bits per heavy atom. The van der Waals surface area contributed by atoms with Crippen molar-refractivity contribution in [3.8, 4) is 5.75 Å². The molecule has 0 amide bonds. The summed E-state index contributed by atoms with van der Waals surface area (Å²) in [6.07, 6.45) is 0. The molecule has 0 heterocycles. The summed E-state index contributed by atoms with van der Waals surface area (Å²) in [6.45, 7) is 0. The van der Waals surface area contributed by atoms with E-state index in [4.69, 9.17) is 5.11 Å². The third-order valence-electron chi connectivity index (χ3n) is 1.73. The Bertz CT molecular complexity index is 384. The number of hydrogen-bond acceptors (Lipinski definition) is 1. The van der Waals surface area contributed by atoms with E-state index in [1.165, 1.54) is 0 Å². The van der Waals surface area contributed by atoms with E-state index in [-0.39, 0.29) is 17.1 Å². The van der Waals surface area contributed by atoms with Crippen LogP contribution in [0.3, 0.4) is 0 Å². The molecule has 0 aromatic heterocycles. The molecular formula is C10H8CuO+2. The molecule has 1 N–H and O–H groups in total. The van der Waals surface area contributed by atoms with Gasteiger partial charge in [-0.15, -0.1) is 0 Å². The zero-order chi connectivity index (χ0) is 7.68. The van der Waals surface area contributed by atoms with Crippen molar-refractivity contribution in [2.75, 3.05) is 0 Å². The number of phenols is 1. The maximum absolute atomic E-state index is 9.13. The average molecular weight is 208 g/mol. The van der Waals surface area contributed by atoms with E-state index in [1.807, 2.05) is 30.3 Å². The van der Waals surface area contributed by atoms with E-state index in [0.29, 0.717) is 5.75 Å². The van der Waals surface area contributed by atoms with E-state index in [9.17, 15) is 0 Å². The van der Waals surface area contributed by atoms with Crippen molar-refractivity contribution >= 4 is 10.8 Å². The van der Waals surface area contributed by atoms with Crippen molar-refractivity contribution in [1.82, 2.24) is 0 Å². The summed E-state index contributed by atoms with van der Waals surface area (Å²) in [6, 6.07) is 13.3. The van der Waals surface area contributed by atoms with Crippen LogP contribution < -0.4 is 0 Å². The van der Waals surface area contributed by atoms with Gasteiger partial charge in [0.2, 0.25) is 0 Å². The Morgan fingerprint density at radius 1 is 0.833 bits per heavy atom. The first kappa shape index (κ1) is 9.11. The van der Waals surface area contributed by atoms with Gasteiger partial charge < -0.3 is 5.11 Å². The fourth-order valence-electron chi connectivity index (χ4n) is 1.18. The Labute approximate surface area is 81.5 Å². The van der Waals surface area contributed by atoms with Crippen molar-refractivity contribution in [3.05, 3.63) is 42.5 Å². The van der Waals surface area contributed by atoms with Crippen LogP contribution in [0.15, 0.2) is 42.5 Å². The molecule has 63 valence electrons. The number of phenolic OH excluding ortho intramolecular Hbond substituents is 1. The molecular weight excluding hydrogens is 200 g/mol. The van der Waals surface area contributed by atoms with Crippen LogP contribution in [0.1, 0.15) is 0 Å². The summed E-state index contributed by atoms with van der Waals surface area (Å²) in [5.74, 6) is 0.323. The van der Waals surface area contributed by atoms with Crippen LogP contribution in [0.5, 0.6) is 5.75 Å². The Balaban J connectivity index is 0.000000720. The molecule has 0 aliphatic rings. The van der Waals surface area contributed by atoms with Gasteiger partial charge in [-0.1, -0.05) is 30.3 Å². The third kappa shape index (κ3) is 1.60. The second kappa shape index (κ2) is 3.61. The molecule has 0 unspecified atom stereocenters. The van der Waals surface area contributed by atoms with E-state index < -0.39 is 0 Å². The van der Waals surface area contributed by atoms with E-state index in [1.54, 1.807) is 12.1 Å². The summed E-state index contributed by atoms with van der Waals surface area (Å²) in [5.41, 5.74) is 0. The molecule has 0 bridgehead atoms. The van der Waals surface area contributed by atoms with Gasteiger partial charge in [0.15, 0.2) is 0 Å². The van der Waals surface area contributed by atoms with Gasteiger partial charge in [-0.3, -0.25) is 0 Å². The number of aromatic hydroxyl groups is 1. The minimum atomic E-state index is 0. The quantitative estimate of drug-likeness (QED) is 0.659.